The average molecular weight is 1720 g/mol. The molecule has 3 fully saturated rings. The Morgan fingerprint density at radius 3 is 1.01 bits per heavy atom. The lowest BCUT2D eigenvalue weighted by atomic mass is 9.84. The lowest BCUT2D eigenvalue weighted by molar-refractivity contribution is -0.360. The van der Waals surface area contributed by atoms with Gasteiger partial charge in [0.25, 0.3) is 0 Å². The Hall–Kier alpha value is -2.79. The second kappa shape index (κ2) is 72.3. The van der Waals surface area contributed by atoms with Crippen molar-refractivity contribution in [2.75, 3.05) is 26.4 Å². The Bertz CT molecular complexity index is 2520. The standard InChI is InChI=1S/C93H173O25P/c1-5-9-13-17-21-25-29-33-36-39-42-45-49-53-57-61-65-76(95)109-70-73(112-78(97)67-63-59-55-51-47-41-32-28-24-20-16-12-8-4)71-111-119(107,108)118-91-89(116-92-86(105)82(101)80(99)74(69-94)113-92)85(104)84(103)88(115-79(98)68-64-60-56-52-48-44-38-35-31-27-23-19-15-11-7-3)90(91)117-93-87(106)83(102)81(100)75(114-93)72-110-77(96)66-62-58-54-50-46-43-40-37-34-30-26-22-18-14-10-6-2/h27,31,73-75,80-94,99-106H,5-26,28-30,32-72H2,1-4H3,(H,107,108)/b31-27-. The quantitative estimate of drug-likeness (QED) is 0.00889. The van der Waals surface area contributed by atoms with Crippen molar-refractivity contribution in [3.63, 3.8) is 0 Å². The minimum Gasteiger partial charge on any atom is -0.463 e. The first-order valence-corrected chi connectivity index (χ1v) is 49.9. The van der Waals surface area contributed by atoms with Gasteiger partial charge < -0.3 is 88.7 Å². The molecule has 0 aromatic heterocycles. The van der Waals surface area contributed by atoms with Crippen LogP contribution in [0.2, 0.25) is 0 Å². The highest BCUT2D eigenvalue weighted by Crippen LogP contribution is 2.49. The van der Waals surface area contributed by atoms with Crippen LogP contribution in [0.3, 0.4) is 0 Å². The molecule has 10 N–H and O–H groups in total. The maximum absolute atomic E-state index is 14.9. The zero-order valence-electron chi connectivity index (χ0n) is 74.7. The zero-order valence-corrected chi connectivity index (χ0v) is 75.6. The van der Waals surface area contributed by atoms with Crippen molar-refractivity contribution in [2.24, 2.45) is 0 Å². The highest BCUT2D eigenvalue weighted by atomic mass is 31.2. The van der Waals surface area contributed by atoms with Gasteiger partial charge in [-0.25, -0.2) is 4.57 Å². The molecular weight excluding hydrogens is 1550 g/mol. The number of hydrogen-bond donors (Lipinski definition) is 10. The molecule has 18 unspecified atom stereocenters. The molecule has 1 saturated carbocycles. The van der Waals surface area contributed by atoms with Crippen molar-refractivity contribution in [1.29, 1.82) is 0 Å². The minimum absolute atomic E-state index is 0.0185. The molecule has 2 aliphatic heterocycles. The summed E-state index contributed by atoms with van der Waals surface area (Å²) >= 11 is 0. The molecule has 1 aliphatic carbocycles. The molecule has 0 radical (unpaired) electrons. The van der Waals surface area contributed by atoms with E-state index in [9.17, 15) is 74.6 Å². The van der Waals surface area contributed by atoms with E-state index in [4.69, 9.17) is 46.9 Å². The van der Waals surface area contributed by atoms with Crippen LogP contribution in [-0.2, 0) is 70.7 Å². The van der Waals surface area contributed by atoms with E-state index < -0.39 is 162 Å². The fourth-order valence-electron chi connectivity index (χ4n) is 16.1. The van der Waals surface area contributed by atoms with Gasteiger partial charge in [-0.05, 0) is 51.4 Å². The van der Waals surface area contributed by atoms with Gasteiger partial charge in [0.15, 0.2) is 24.8 Å². The first kappa shape index (κ1) is 110. The molecule has 3 rings (SSSR count). The molecule has 18 atom stereocenters. The van der Waals surface area contributed by atoms with Crippen LogP contribution >= 0.6 is 7.82 Å². The molecule has 25 nitrogen and oxygen atoms in total. The maximum Gasteiger partial charge on any atom is 0.472 e. The SMILES string of the molecule is CCCCCC/C=C\CCCCCCCCCC(=O)OC1C(O)C(O)C(OC2OC(CO)C(O)C(O)C2O)C(OP(=O)(O)OCC(COC(=O)CCCCCCCCCCCCCCCCCC)OC(=O)CCCCCCCCCCCCCCC)C1OC1OC(COC(=O)CCCCCCCCCCCCCCCCCC)C(O)C(O)C1O. The second-order valence-corrected chi connectivity index (χ2v) is 36.0. The molecule has 2 saturated heterocycles. The van der Waals surface area contributed by atoms with Crippen LogP contribution in [0.5, 0.6) is 0 Å². The molecule has 0 amide bonds. The van der Waals surface area contributed by atoms with E-state index in [0.717, 1.165) is 141 Å². The monoisotopic (exact) mass is 1720 g/mol. The predicted octanol–water partition coefficient (Wildman–Crippen LogP) is 18.3. The van der Waals surface area contributed by atoms with Gasteiger partial charge in [0.2, 0.25) is 0 Å². The van der Waals surface area contributed by atoms with Crippen LogP contribution in [0.25, 0.3) is 0 Å². The summed E-state index contributed by atoms with van der Waals surface area (Å²) in [6, 6.07) is 0. The normalized spacial score (nSPS) is 24.8. The Morgan fingerprint density at radius 2 is 0.630 bits per heavy atom. The topological polar surface area (TPSA) is 380 Å². The Labute approximate surface area is 718 Å². The summed E-state index contributed by atoms with van der Waals surface area (Å²) in [5, 5.41) is 102. The van der Waals surface area contributed by atoms with Gasteiger partial charge in [0.05, 0.1) is 13.2 Å². The third kappa shape index (κ3) is 52.2. The Morgan fingerprint density at radius 1 is 0.328 bits per heavy atom. The van der Waals surface area contributed by atoms with E-state index in [1.54, 1.807) is 0 Å². The van der Waals surface area contributed by atoms with Crippen molar-refractivity contribution >= 4 is 31.7 Å². The molecular formula is C93H173O25P. The van der Waals surface area contributed by atoms with Gasteiger partial charge >= 0.3 is 31.7 Å². The van der Waals surface area contributed by atoms with Crippen LogP contribution in [0.15, 0.2) is 12.2 Å². The van der Waals surface area contributed by atoms with E-state index in [1.807, 2.05) is 0 Å². The average Bonchev–Trinajstić information content (AvgIpc) is 0.753. The van der Waals surface area contributed by atoms with Crippen molar-refractivity contribution in [3.05, 3.63) is 12.2 Å². The molecule has 2 heterocycles. The molecule has 0 aromatic rings. The number of ether oxygens (including phenoxy) is 8. The Balaban J connectivity index is 1.90. The zero-order chi connectivity index (χ0) is 86.8. The highest BCUT2D eigenvalue weighted by Gasteiger charge is 2.60. The van der Waals surface area contributed by atoms with Gasteiger partial charge in [-0.2, -0.15) is 0 Å². The first-order chi connectivity index (χ1) is 57.7. The summed E-state index contributed by atoms with van der Waals surface area (Å²) in [5.74, 6) is -2.95. The molecule has 3 aliphatic rings. The van der Waals surface area contributed by atoms with E-state index in [2.05, 4.69) is 39.8 Å². The number of allylic oxidation sites excluding steroid dienone is 2. The van der Waals surface area contributed by atoms with Crippen molar-refractivity contribution < 1.29 is 122 Å². The van der Waals surface area contributed by atoms with Gasteiger partial charge in [-0.1, -0.05) is 361 Å². The van der Waals surface area contributed by atoms with E-state index >= 15 is 0 Å². The number of aliphatic hydroxyl groups excluding tert-OH is 9. The maximum atomic E-state index is 14.9. The van der Waals surface area contributed by atoms with Gasteiger partial charge in [-0.15, -0.1) is 0 Å². The lowest BCUT2D eigenvalue weighted by Gasteiger charge is -2.50. The number of hydrogen-bond acceptors (Lipinski definition) is 24. The third-order valence-electron chi connectivity index (χ3n) is 23.8. The summed E-state index contributed by atoms with van der Waals surface area (Å²) in [6.45, 7) is 5.63. The second-order valence-electron chi connectivity index (χ2n) is 34.6. The van der Waals surface area contributed by atoms with Gasteiger partial charge in [0.1, 0.15) is 92.6 Å². The van der Waals surface area contributed by atoms with E-state index in [0.29, 0.717) is 32.1 Å². The number of phosphoric ester groups is 1. The summed E-state index contributed by atoms with van der Waals surface area (Å²) in [6.07, 6.45) is 31.8. The molecule has 700 valence electrons. The minimum atomic E-state index is -5.81. The fraction of sp³-hybridized carbons (Fsp3) is 0.935. The lowest BCUT2D eigenvalue weighted by Crippen LogP contribution is -2.70. The van der Waals surface area contributed by atoms with Crippen molar-refractivity contribution in [3.8, 4) is 0 Å². The van der Waals surface area contributed by atoms with Gasteiger partial charge in [0, 0.05) is 25.7 Å². The number of unbranched alkanes of at least 4 members (excludes halogenated alkanes) is 53. The van der Waals surface area contributed by atoms with Crippen LogP contribution < -0.4 is 0 Å². The number of carbonyl (C=O) groups excluding carboxylic acids is 4. The van der Waals surface area contributed by atoms with Crippen molar-refractivity contribution in [1.82, 2.24) is 0 Å². The number of aliphatic hydroxyl groups is 9. The molecule has 119 heavy (non-hydrogen) atoms. The summed E-state index contributed by atoms with van der Waals surface area (Å²) in [4.78, 5) is 66.5. The molecule has 26 heteroatoms. The predicted molar refractivity (Wildman–Crippen MR) is 463 cm³/mol. The van der Waals surface area contributed by atoms with Crippen molar-refractivity contribution in [2.45, 2.75) is 530 Å². The van der Waals surface area contributed by atoms with Gasteiger partial charge in [-0.3, -0.25) is 28.2 Å². The van der Waals surface area contributed by atoms with E-state index in [1.165, 1.54) is 199 Å². The Kier molecular flexibility index (Phi) is 67.0. The number of phosphoric acid groups is 1. The first-order valence-electron chi connectivity index (χ1n) is 48.4. The number of esters is 4. The largest absolute Gasteiger partial charge is 0.472 e. The smallest absolute Gasteiger partial charge is 0.463 e. The summed E-state index contributed by atoms with van der Waals surface area (Å²) in [5.41, 5.74) is 0. The third-order valence-corrected chi connectivity index (χ3v) is 24.8. The summed E-state index contributed by atoms with van der Waals surface area (Å²) < 4.78 is 73.5. The van der Waals surface area contributed by atoms with Crippen LogP contribution in [0, 0.1) is 0 Å². The fourth-order valence-corrected chi connectivity index (χ4v) is 17.0. The van der Waals surface area contributed by atoms with Crippen LogP contribution in [-0.4, -0.2) is 205 Å². The molecule has 0 bridgehead atoms. The van der Waals surface area contributed by atoms with E-state index in [-0.39, 0.29) is 25.7 Å². The molecule has 0 aromatic carbocycles. The highest BCUT2D eigenvalue weighted by molar-refractivity contribution is 7.47. The number of rotatable bonds is 79. The van der Waals surface area contributed by atoms with Crippen LogP contribution in [0.4, 0.5) is 0 Å². The van der Waals surface area contributed by atoms with Crippen LogP contribution in [0.1, 0.15) is 426 Å². The number of carbonyl (C=O) groups is 4. The molecule has 0 spiro atoms. The summed E-state index contributed by atoms with van der Waals surface area (Å²) in [7, 11) is -5.81.